The van der Waals surface area contributed by atoms with Crippen molar-refractivity contribution in [1.82, 2.24) is 10.2 Å². The van der Waals surface area contributed by atoms with Gasteiger partial charge in [0, 0.05) is 38.7 Å². The predicted molar refractivity (Wildman–Crippen MR) is 89.4 cm³/mol. The third kappa shape index (κ3) is 5.33. The van der Waals surface area contributed by atoms with Gasteiger partial charge in [-0.3, -0.25) is 4.99 Å². The highest BCUT2D eigenvalue weighted by Gasteiger charge is 2.24. The summed E-state index contributed by atoms with van der Waals surface area (Å²) in [6.45, 7) is 6.25. The first-order valence-electron chi connectivity index (χ1n) is 8.25. The van der Waals surface area contributed by atoms with E-state index in [1.54, 1.807) is 7.05 Å². The zero-order chi connectivity index (χ0) is 17.4. The van der Waals surface area contributed by atoms with Crippen LogP contribution in [0.25, 0.3) is 0 Å². The molecule has 0 spiro atoms. The SMILES string of the molecule is CCOCC1CCN(C(=NC)NCCOc2ccc(F)c(F)c2)C1. The fourth-order valence-electron chi connectivity index (χ4n) is 2.68. The van der Waals surface area contributed by atoms with Crippen LogP contribution in [0, 0.1) is 17.6 Å². The number of aliphatic imine (C=N–C) groups is 1. The van der Waals surface area contributed by atoms with Crippen LogP contribution < -0.4 is 10.1 Å². The van der Waals surface area contributed by atoms with E-state index in [1.807, 2.05) is 6.92 Å². The van der Waals surface area contributed by atoms with Crippen molar-refractivity contribution in [2.75, 3.05) is 46.5 Å². The highest BCUT2D eigenvalue weighted by molar-refractivity contribution is 5.80. The number of hydrogen-bond donors (Lipinski definition) is 1. The zero-order valence-electron chi connectivity index (χ0n) is 14.2. The van der Waals surface area contributed by atoms with Crippen LogP contribution in [0.4, 0.5) is 8.78 Å². The minimum Gasteiger partial charge on any atom is -0.492 e. The van der Waals surface area contributed by atoms with Gasteiger partial charge in [-0.25, -0.2) is 8.78 Å². The van der Waals surface area contributed by atoms with Crippen LogP contribution in [0.2, 0.25) is 0 Å². The molecule has 0 amide bonds. The third-order valence-corrected chi connectivity index (χ3v) is 3.90. The Bertz CT molecular complexity index is 555. The molecule has 0 aliphatic carbocycles. The predicted octanol–water partition coefficient (Wildman–Crippen LogP) is 2.28. The van der Waals surface area contributed by atoms with E-state index in [0.29, 0.717) is 24.8 Å². The molecule has 1 aromatic carbocycles. The molecule has 1 aromatic rings. The summed E-state index contributed by atoms with van der Waals surface area (Å²) in [4.78, 5) is 6.48. The first-order valence-corrected chi connectivity index (χ1v) is 8.25. The molecule has 1 aliphatic heterocycles. The van der Waals surface area contributed by atoms with Gasteiger partial charge in [-0.1, -0.05) is 0 Å². The van der Waals surface area contributed by atoms with E-state index in [0.717, 1.165) is 50.8 Å². The van der Waals surface area contributed by atoms with Gasteiger partial charge in [-0.15, -0.1) is 0 Å². The molecule has 1 unspecified atom stereocenters. The Morgan fingerprint density at radius 1 is 1.38 bits per heavy atom. The van der Waals surface area contributed by atoms with E-state index in [-0.39, 0.29) is 0 Å². The number of likely N-dealkylation sites (tertiary alicyclic amines) is 1. The van der Waals surface area contributed by atoms with Crippen molar-refractivity contribution >= 4 is 5.96 Å². The molecule has 24 heavy (non-hydrogen) atoms. The molecule has 5 nitrogen and oxygen atoms in total. The second-order valence-corrected chi connectivity index (χ2v) is 5.66. The molecule has 0 bridgehead atoms. The van der Waals surface area contributed by atoms with Gasteiger partial charge in [-0.2, -0.15) is 0 Å². The zero-order valence-corrected chi connectivity index (χ0v) is 14.2. The summed E-state index contributed by atoms with van der Waals surface area (Å²) in [6, 6.07) is 3.51. The van der Waals surface area contributed by atoms with Crippen LogP contribution in [-0.4, -0.2) is 57.4 Å². The molecule has 134 valence electrons. The second-order valence-electron chi connectivity index (χ2n) is 5.66. The number of nitrogens with one attached hydrogen (secondary N) is 1. The van der Waals surface area contributed by atoms with Gasteiger partial charge >= 0.3 is 0 Å². The molecule has 1 atom stereocenters. The van der Waals surface area contributed by atoms with Crippen molar-refractivity contribution in [3.63, 3.8) is 0 Å². The van der Waals surface area contributed by atoms with E-state index >= 15 is 0 Å². The molecule has 1 heterocycles. The van der Waals surface area contributed by atoms with Crippen LogP contribution in [0.3, 0.4) is 0 Å². The lowest BCUT2D eigenvalue weighted by Crippen LogP contribution is -2.41. The van der Waals surface area contributed by atoms with Gasteiger partial charge in [0.05, 0.1) is 13.2 Å². The number of halogens is 2. The summed E-state index contributed by atoms with van der Waals surface area (Å²) in [6.07, 6.45) is 1.09. The van der Waals surface area contributed by atoms with Crippen LogP contribution in [0.15, 0.2) is 23.2 Å². The number of guanidine groups is 1. The molecule has 2 rings (SSSR count). The highest BCUT2D eigenvalue weighted by atomic mass is 19.2. The van der Waals surface area contributed by atoms with Crippen LogP contribution in [0.1, 0.15) is 13.3 Å². The first-order chi connectivity index (χ1) is 11.6. The topological polar surface area (TPSA) is 46.1 Å². The van der Waals surface area contributed by atoms with E-state index in [1.165, 1.54) is 6.07 Å². The number of benzene rings is 1. The van der Waals surface area contributed by atoms with Gasteiger partial charge < -0.3 is 19.7 Å². The van der Waals surface area contributed by atoms with E-state index < -0.39 is 11.6 Å². The van der Waals surface area contributed by atoms with Crippen molar-refractivity contribution < 1.29 is 18.3 Å². The van der Waals surface area contributed by atoms with Crippen molar-refractivity contribution in [3.05, 3.63) is 29.8 Å². The monoisotopic (exact) mass is 341 g/mol. The Hall–Kier alpha value is -1.89. The highest BCUT2D eigenvalue weighted by Crippen LogP contribution is 2.17. The summed E-state index contributed by atoms with van der Waals surface area (Å²) in [5.41, 5.74) is 0. The van der Waals surface area contributed by atoms with Crippen molar-refractivity contribution in [2.45, 2.75) is 13.3 Å². The fraction of sp³-hybridized carbons (Fsp3) is 0.588. The summed E-state index contributed by atoms with van der Waals surface area (Å²) >= 11 is 0. The molecule has 0 aromatic heterocycles. The van der Waals surface area contributed by atoms with Crippen LogP contribution in [-0.2, 0) is 4.74 Å². The quantitative estimate of drug-likeness (QED) is 0.470. The Morgan fingerprint density at radius 3 is 2.92 bits per heavy atom. The summed E-state index contributed by atoms with van der Waals surface area (Å²) < 4.78 is 36.8. The van der Waals surface area contributed by atoms with Gasteiger partial charge in [0.25, 0.3) is 0 Å². The third-order valence-electron chi connectivity index (χ3n) is 3.90. The molecule has 1 N–H and O–H groups in total. The summed E-state index contributed by atoms with van der Waals surface area (Å²) in [5, 5.41) is 3.23. The van der Waals surface area contributed by atoms with Crippen molar-refractivity contribution in [1.29, 1.82) is 0 Å². The van der Waals surface area contributed by atoms with Gasteiger partial charge in [-0.05, 0) is 25.5 Å². The summed E-state index contributed by atoms with van der Waals surface area (Å²) in [5.74, 6) is -0.126. The van der Waals surface area contributed by atoms with Crippen molar-refractivity contribution in [2.24, 2.45) is 10.9 Å². The van der Waals surface area contributed by atoms with Gasteiger partial charge in [0.2, 0.25) is 0 Å². The lowest BCUT2D eigenvalue weighted by molar-refractivity contribution is 0.114. The second kappa shape index (κ2) is 9.42. The summed E-state index contributed by atoms with van der Waals surface area (Å²) in [7, 11) is 1.74. The van der Waals surface area contributed by atoms with E-state index in [2.05, 4.69) is 15.2 Å². The van der Waals surface area contributed by atoms with Gasteiger partial charge in [0.1, 0.15) is 12.4 Å². The minimum absolute atomic E-state index is 0.309. The lowest BCUT2D eigenvalue weighted by atomic mass is 10.1. The molecule has 1 fully saturated rings. The molecule has 0 saturated carbocycles. The van der Waals surface area contributed by atoms with Crippen LogP contribution >= 0.6 is 0 Å². The fourth-order valence-corrected chi connectivity index (χ4v) is 2.68. The maximum atomic E-state index is 13.1. The van der Waals surface area contributed by atoms with Crippen molar-refractivity contribution in [3.8, 4) is 5.75 Å². The maximum Gasteiger partial charge on any atom is 0.193 e. The number of ether oxygens (including phenoxy) is 2. The van der Waals surface area contributed by atoms with Gasteiger partial charge in [0.15, 0.2) is 17.6 Å². The standard InChI is InChI=1S/C17H25F2N3O2/c1-3-23-12-13-6-8-22(11-13)17(20-2)21-7-9-24-14-4-5-15(18)16(19)10-14/h4-5,10,13H,3,6-9,11-12H2,1-2H3,(H,20,21). The lowest BCUT2D eigenvalue weighted by Gasteiger charge is -2.21. The Kier molecular flexibility index (Phi) is 7.24. The molecule has 1 saturated heterocycles. The van der Waals surface area contributed by atoms with E-state index in [9.17, 15) is 8.78 Å². The average Bonchev–Trinajstić information content (AvgIpc) is 3.05. The maximum absolute atomic E-state index is 13.1. The number of nitrogens with zero attached hydrogens (tertiary/aromatic N) is 2. The first kappa shape index (κ1) is 18.4. The number of rotatable bonds is 7. The molecule has 0 radical (unpaired) electrons. The average molecular weight is 341 g/mol. The molecular weight excluding hydrogens is 316 g/mol. The Balaban J connectivity index is 1.71. The largest absolute Gasteiger partial charge is 0.492 e. The van der Waals surface area contributed by atoms with Crippen LogP contribution in [0.5, 0.6) is 5.75 Å². The Morgan fingerprint density at radius 2 is 2.21 bits per heavy atom. The molecule has 7 heteroatoms. The molecular formula is C17H25F2N3O2. The smallest absolute Gasteiger partial charge is 0.193 e. The number of hydrogen-bond acceptors (Lipinski definition) is 3. The minimum atomic E-state index is -0.909. The Labute approximate surface area is 141 Å². The molecule has 1 aliphatic rings. The normalized spacial score (nSPS) is 18.1. The van der Waals surface area contributed by atoms with E-state index in [4.69, 9.17) is 9.47 Å².